The minimum absolute atomic E-state index is 0. The molecule has 92 valence electrons. The van der Waals surface area contributed by atoms with Crippen molar-refractivity contribution in [3.8, 4) is 0 Å². The molecule has 0 aliphatic rings. The van der Waals surface area contributed by atoms with Gasteiger partial charge in [0.15, 0.2) is 0 Å². The Balaban J connectivity index is 0.00000225. The van der Waals surface area contributed by atoms with Crippen molar-refractivity contribution >= 4 is 12.4 Å². The molecule has 0 saturated heterocycles. The number of aliphatic hydroxyl groups excluding tert-OH is 1. The van der Waals surface area contributed by atoms with Gasteiger partial charge in [-0.1, -0.05) is 37.6 Å². The summed E-state index contributed by atoms with van der Waals surface area (Å²) in [5.41, 5.74) is 9.46. The van der Waals surface area contributed by atoms with Crippen LogP contribution in [-0.2, 0) is 0 Å². The van der Waals surface area contributed by atoms with Crippen LogP contribution in [-0.4, -0.2) is 11.7 Å². The van der Waals surface area contributed by atoms with E-state index in [-0.39, 0.29) is 30.5 Å². The van der Waals surface area contributed by atoms with E-state index >= 15 is 0 Å². The molecule has 2 nitrogen and oxygen atoms in total. The maximum absolute atomic E-state index is 9.29. The van der Waals surface area contributed by atoms with Gasteiger partial charge in [0.05, 0.1) is 0 Å². The molecule has 16 heavy (non-hydrogen) atoms. The fraction of sp³-hybridized carbons (Fsp3) is 0.538. The lowest BCUT2D eigenvalue weighted by Gasteiger charge is -2.30. The molecular formula is C13H22ClNO. The maximum atomic E-state index is 9.29. The molecule has 3 N–H and O–H groups in total. The van der Waals surface area contributed by atoms with Gasteiger partial charge in [0.2, 0.25) is 0 Å². The van der Waals surface area contributed by atoms with Gasteiger partial charge in [0, 0.05) is 18.1 Å². The minimum Gasteiger partial charge on any atom is -0.396 e. The van der Waals surface area contributed by atoms with Crippen molar-refractivity contribution < 1.29 is 5.11 Å². The van der Waals surface area contributed by atoms with E-state index < -0.39 is 0 Å². The maximum Gasteiger partial charge on any atom is 0.0500 e. The predicted molar refractivity (Wildman–Crippen MR) is 71.0 cm³/mol. The van der Waals surface area contributed by atoms with Gasteiger partial charge in [0.25, 0.3) is 0 Å². The van der Waals surface area contributed by atoms with Crippen LogP contribution in [0.15, 0.2) is 18.2 Å². The average molecular weight is 244 g/mol. The van der Waals surface area contributed by atoms with Crippen molar-refractivity contribution in [2.75, 3.05) is 6.61 Å². The highest BCUT2D eigenvalue weighted by molar-refractivity contribution is 5.85. The highest BCUT2D eigenvalue weighted by Crippen LogP contribution is 2.32. The van der Waals surface area contributed by atoms with E-state index in [4.69, 9.17) is 5.73 Å². The summed E-state index contributed by atoms with van der Waals surface area (Å²) in [6.07, 6.45) is 0. The molecule has 0 radical (unpaired) electrons. The largest absolute Gasteiger partial charge is 0.396 e. The molecular weight excluding hydrogens is 222 g/mol. The number of hydrogen-bond acceptors (Lipinski definition) is 2. The lowest BCUT2D eigenvalue weighted by atomic mass is 9.80. The van der Waals surface area contributed by atoms with E-state index in [0.717, 1.165) is 5.56 Å². The van der Waals surface area contributed by atoms with Crippen LogP contribution >= 0.6 is 12.4 Å². The smallest absolute Gasteiger partial charge is 0.0500 e. The zero-order valence-corrected chi connectivity index (χ0v) is 11.3. The Hall–Kier alpha value is -0.570. The number of aliphatic hydroxyl groups is 1. The first kappa shape index (κ1) is 15.4. The van der Waals surface area contributed by atoms with Gasteiger partial charge in [-0.2, -0.15) is 0 Å². The molecule has 0 saturated carbocycles. The third-order valence-electron chi connectivity index (χ3n) is 3.01. The SMILES string of the molecule is Cc1ccc([C@@H](N)C(C)(C)CO)c(C)c1.Cl. The van der Waals surface area contributed by atoms with Crippen LogP contribution in [0.4, 0.5) is 0 Å². The second kappa shape index (κ2) is 5.67. The summed E-state index contributed by atoms with van der Waals surface area (Å²) < 4.78 is 0. The first-order valence-corrected chi connectivity index (χ1v) is 5.32. The number of nitrogens with two attached hydrogens (primary N) is 1. The van der Waals surface area contributed by atoms with Crippen LogP contribution in [0.2, 0.25) is 0 Å². The van der Waals surface area contributed by atoms with Crippen molar-refractivity contribution in [1.29, 1.82) is 0 Å². The van der Waals surface area contributed by atoms with Crippen molar-refractivity contribution in [3.05, 3.63) is 34.9 Å². The summed E-state index contributed by atoms with van der Waals surface area (Å²) in [6.45, 7) is 8.20. The summed E-state index contributed by atoms with van der Waals surface area (Å²) >= 11 is 0. The number of hydrogen-bond donors (Lipinski definition) is 2. The average Bonchev–Trinajstić information content (AvgIpc) is 2.17. The van der Waals surface area contributed by atoms with Crippen molar-refractivity contribution in [1.82, 2.24) is 0 Å². The minimum atomic E-state index is -0.278. The van der Waals surface area contributed by atoms with Crippen molar-refractivity contribution in [3.63, 3.8) is 0 Å². The summed E-state index contributed by atoms with van der Waals surface area (Å²) in [7, 11) is 0. The normalized spacial score (nSPS) is 13.1. The molecule has 1 rings (SSSR count). The van der Waals surface area contributed by atoms with Gasteiger partial charge in [-0.25, -0.2) is 0 Å². The van der Waals surface area contributed by atoms with E-state index in [0.29, 0.717) is 0 Å². The van der Waals surface area contributed by atoms with Crippen molar-refractivity contribution in [2.45, 2.75) is 33.7 Å². The van der Waals surface area contributed by atoms with Crippen LogP contribution in [0.25, 0.3) is 0 Å². The van der Waals surface area contributed by atoms with Crippen LogP contribution in [0, 0.1) is 19.3 Å². The fourth-order valence-electron chi connectivity index (χ4n) is 1.69. The molecule has 3 heteroatoms. The molecule has 0 heterocycles. The van der Waals surface area contributed by atoms with Gasteiger partial charge in [-0.15, -0.1) is 12.4 Å². The summed E-state index contributed by atoms with van der Waals surface area (Å²) in [6, 6.07) is 6.13. The Labute approximate surface area is 104 Å². The third kappa shape index (κ3) is 3.21. The number of benzene rings is 1. The Bertz CT molecular complexity index is 350. The molecule has 0 aliphatic heterocycles. The van der Waals surface area contributed by atoms with E-state index in [1.54, 1.807) is 0 Å². The summed E-state index contributed by atoms with van der Waals surface area (Å²) in [5.74, 6) is 0. The zero-order chi connectivity index (χ0) is 11.6. The Morgan fingerprint density at radius 2 is 1.88 bits per heavy atom. The summed E-state index contributed by atoms with van der Waals surface area (Å²) in [4.78, 5) is 0. The van der Waals surface area contributed by atoms with E-state index in [1.807, 2.05) is 13.8 Å². The topological polar surface area (TPSA) is 46.2 Å². The van der Waals surface area contributed by atoms with Gasteiger partial charge < -0.3 is 10.8 Å². The van der Waals surface area contributed by atoms with Gasteiger partial charge in [-0.3, -0.25) is 0 Å². The molecule has 1 aromatic carbocycles. The Morgan fingerprint density at radius 3 is 2.31 bits per heavy atom. The van der Waals surface area contributed by atoms with Crippen LogP contribution in [0.1, 0.15) is 36.6 Å². The van der Waals surface area contributed by atoms with Gasteiger partial charge >= 0.3 is 0 Å². The van der Waals surface area contributed by atoms with Crippen LogP contribution in [0.5, 0.6) is 0 Å². The third-order valence-corrected chi connectivity index (χ3v) is 3.01. The molecule has 1 aromatic rings. The molecule has 0 bridgehead atoms. The first-order chi connectivity index (χ1) is 6.88. The number of halogens is 1. The standard InChI is InChI=1S/C13H21NO.ClH/c1-9-5-6-11(10(2)7-9)12(14)13(3,4)8-15;/h5-7,12,15H,8,14H2,1-4H3;1H/t12-;/m1./s1. The lowest BCUT2D eigenvalue weighted by molar-refractivity contribution is 0.132. The van der Waals surface area contributed by atoms with Crippen LogP contribution < -0.4 is 5.73 Å². The Morgan fingerprint density at radius 1 is 1.31 bits per heavy atom. The van der Waals surface area contributed by atoms with Gasteiger partial charge in [0.1, 0.15) is 0 Å². The lowest BCUT2D eigenvalue weighted by Crippen LogP contribution is -2.32. The monoisotopic (exact) mass is 243 g/mol. The fourth-order valence-corrected chi connectivity index (χ4v) is 1.69. The zero-order valence-electron chi connectivity index (χ0n) is 10.4. The van der Waals surface area contributed by atoms with Gasteiger partial charge in [-0.05, 0) is 25.0 Å². The number of aryl methyl sites for hydroxylation is 2. The highest BCUT2D eigenvalue weighted by Gasteiger charge is 2.27. The second-order valence-electron chi connectivity index (χ2n) is 4.98. The van der Waals surface area contributed by atoms with Crippen molar-refractivity contribution in [2.24, 2.45) is 11.1 Å². The molecule has 0 aromatic heterocycles. The first-order valence-electron chi connectivity index (χ1n) is 5.32. The molecule has 0 spiro atoms. The van der Waals surface area contributed by atoms with Crippen LogP contribution in [0.3, 0.4) is 0 Å². The van der Waals surface area contributed by atoms with E-state index in [2.05, 4.69) is 32.0 Å². The number of rotatable bonds is 3. The second-order valence-corrected chi connectivity index (χ2v) is 4.98. The van der Waals surface area contributed by atoms with E-state index in [1.165, 1.54) is 11.1 Å². The quantitative estimate of drug-likeness (QED) is 0.858. The molecule has 1 atom stereocenters. The summed E-state index contributed by atoms with van der Waals surface area (Å²) in [5, 5.41) is 9.29. The van der Waals surface area contributed by atoms with E-state index in [9.17, 15) is 5.11 Å². The molecule has 0 unspecified atom stereocenters. The molecule has 0 aliphatic carbocycles. The predicted octanol–water partition coefficient (Wildman–Crippen LogP) is 2.74. The Kier molecular flexibility index (Phi) is 5.47. The molecule has 0 fully saturated rings. The highest BCUT2D eigenvalue weighted by atomic mass is 35.5. The molecule has 0 amide bonds.